The summed E-state index contributed by atoms with van der Waals surface area (Å²) < 4.78 is 9.82. The Morgan fingerprint density at radius 1 is 0.189 bits per heavy atom. The fourth-order valence-corrected chi connectivity index (χ4v) is 14.6. The van der Waals surface area contributed by atoms with Gasteiger partial charge in [-0.2, -0.15) is 5.26 Å². The maximum Gasteiger partial charge on any atom is 0.104 e. The van der Waals surface area contributed by atoms with Gasteiger partial charge in [0, 0.05) is 48.7 Å². The van der Waals surface area contributed by atoms with Crippen LogP contribution in [-0.4, -0.2) is 18.3 Å². The Bertz CT molecular complexity index is 5300. The Labute approximate surface area is 519 Å². The third-order valence-electron chi connectivity index (χ3n) is 18.6. The van der Waals surface area contributed by atoms with Crippen LogP contribution in [0.3, 0.4) is 0 Å². The number of nitrogens with zero attached hydrogens (tertiary/aromatic N) is 5. The molecule has 418 valence electrons. The number of benzene rings is 14. The number of hydrogen-bond acceptors (Lipinski definition) is 1. The van der Waals surface area contributed by atoms with Crippen LogP contribution >= 0.6 is 0 Å². The standard InChI is InChI=1S/C85H53N5/c86-54-72-82(87-73-38-20-16-34-64(73)65-35-17-21-39-74(65)87)84(89-77-46-42-60(55-24-6-1-7-25-55)50-68(77)69-51-61(43-47-78(69)89)56-26-8-2-9-27-56)81(59-32-14-5-15-33-59)85(83(72)88-75-40-22-18-36-66(75)67-37-19-23-41-76(67)88)90-79-48-44-62(57-28-10-3-11-29-57)52-70(79)71-53-63(45-49-80(71)90)58-30-12-4-13-31-58/h1-53H. The number of para-hydroxylation sites is 4. The molecule has 0 unspecified atom stereocenters. The van der Waals surface area contributed by atoms with Gasteiger partial charge in [-0.15, -0.1) is 0 Å². The minimum absolute atomic E-state index is 0.520. The second-order valence-electron chi connectivity index (χ2n) is 23.4. The van der Waals surface area contributed by atoms with E-state index in [1.807, 2.05) is 0 Å². The number of aromatic nitrogens is 4. The molecule has 0 spiro atoms. The predicted octanol–water partition coefficient (Wildman–Crippen LogP) is 22.3. The third-order valence-corrected chi connectivity index (χ3v) is 18.6. The molecule has 4 heterocycles. The Morgan fingerprint density at radius 2 is 0.411 bits per heavy atom. The van der Waals surface area contributed by atoms with Gasteiger partial charge in [0.25, 0.3) is 0 Å². The van der Waals surface area contributed by atoms with Crippen molar-refractivity contribution in [2.45, 2.75) is 0 Å². The van der Waals surface area contributed by atoms with E-state index in [-0.39, 0.29) is 0 Å². The van der Waals surface area contributed by atoms with Gasteiger partial charge in [0.05, 0.1) is 66.9 Å². The second kappa shape index (κ2) is 20.5. The molecule has 0 aliphatic rings. The average molecular weight is 1140 g/mol. The molecule has 0 bridgehead atoms. The van der Waals surface area contributed by atoms with E-state index in [0.29, 0.717) is 5.56 Å². The molecule has 0 saturated heterocycles. The quantitative estimate of drug-likeness (QED) is 0.142. The number of fused-ring (bicyclic) bond motifs is 12. The van der Waals surface area contributed by atoms with E-state index in [9.17, 15) is 5.26 Å². The maximum absolute atomic E-state index is 13.2. The van der Waals surface area contributed by atoms with E-state index in [2.05, 4.69) is 346 Å². The summed E-state index contributed by atoms with van der Waals surface area (Å²) in [6.45, 7) is 0. The average Bonchev–Trinajstić information content (AvgIpc) is 1.47. The van der Waals surface area contributed by atoms with E-state index >= 15 is 0 Å². The molecule has 4 aromatic heterocycles. The lowest BCUT2D eigenvalue weighted by Gasteiger charge is -2.29. The first-order chi connectivity index (χ1) is 44.7. The first-order valence-electron chi connectivity index (χ1n) is 30.7. The summed E-state index contributed by atoms with van der Waals surface area (Å²) >= 11 is 0. The van der Waals surface area contributed by atoms with Crippen LogP contribution in [0.2, 0.25) is 0 Å². The van der Waals surface area contributed by atoms with E-state index in [0.717, 1.165) is 166 Å². The first-order valence-corrected chi connectivity index (χ1v) is 30.7. The lowest BCUT2D eigenvalue weighted by Crippen LogP contribution is -2.16. The van der Waals surface area contributed by atoms with Crippen LogP contribution in [0.1, 0.15) is 5.56 Å². The predicted molar refractivity (Wildman–Crippen MR) is 376 cm³/mol. The second-order valence-corrected chi connectivity index (χ2v) is 23.4. The smallest absolute Gasteiger partial charge is 0.104 e. The monoisotopic (exact) mass is 1140 g/mol. The molecule has 0 fully saturated rings. The molecule has 0 radical (unpaired) electrons. The molecule has 90 heavy (non-hydrogen) atoms. The number of nitriles is 1. The normalized spacial score (nSPS) is 11.8. The highest BCUT2D eigenvalue weighted by atomic mass is 15.1. The molecular weight excluding hydrogens is 1090 g/mol. The summed E-state index contributed by atoms with van der Waals surface area (Å²) in [6, 6.07) is 120. The molecule has 0 N–H and O–H groups in total. The third kappa shape index (κ3) is 7.75. The molecule has 0 atom stereocenters. The van der Waals surface area contributed by atoms with Gasteiger partial charge in [-0.05, 0) is 123 Å². The number of rotatable bonds is 9. The summed E-state index contributed by atoms with van der Waals surface area (Å²) in [5.74, 6) is 0. The molecule has 0 aliphatic carbocycles. The Balaban J connectivity index is 1.12. The fourth-order valence-electron chi connectivity index (χ4n) is 14.6. The molecule has 18 rings (SSSR count). The lowest BCUT2D eigenvalue weighted by molar-refractivity contribution is 1.04. The summed E-state index contributed by atoms with van der Waals surface area (Å²) in [6.07, 6.45) is 0. The molecule has 0 saturated carbocycles. The summed E-state index contributed by atoms with van der Waals surface area (Å²) in [7, 11) is 0. The van der Waals surface area contributed by atoms with E-state index in [1.54, 1.807) is 0 Å². The van der Waals surface area contributed by atoms with Crippen LogP contribution in [0.25, 0.3) is 166 Å². The van der Waals surface area contributed by atoms with Crippen LogP contribution in [0.5, 0.6) is 0 Å². The lowest BCUT2D eigenvalue weighted by atomic mass is 9.93. The molecule has 0 amide bonds. The molecule has 0 aliphatic heterocycles. The zero-order chi connectivity index (χ0) is 59.4. The number of hydrogen-bond donors (Lipinski definition) is 0. The van der Waals surface area contributed by atoms with Crippen LogP contribution in [0, 0.1) is 11.3 Å². The highest BCUT2D eigenvalue weighted by Crippen LogP contribution is 2.53. The highest BCUT2D eigenvalue weighted by molar-refractivity contribution is 6.18. The van der Waals surface area contributed by atoms with Crippen molar-refractivity contribution in [2.24, 2.45) is 0 Å². The van der Waals surface area contributed by atoms with E-state index in [1.165, 1.54) is 0 Å². The largest absolute Gasteiger partial charge is 0.306 e. The van der Waals surface area contributed by atoms with Crippen molar-refractivity contribution in [3.8, 4) is 84.5 Å². The molecule has 5 heteroatoms. The van der Waals surface area contributed by atoms with Crippen LogP contribution in [0.4, 0.5) is 0 Å². The zero-order valence-corrected chi connectivity index (χ0v) is 48.8. The molecular formula is C85H53N5. The van der Waals surface area contributed by atoms with Gasteiger partial charge in [-0.25, -0.2) is 0 Å². The summed E-state index contributed by atoms with van der Waals surface area (Å²) in [5, 5.41) is 22.0. The molecule has 14 aromatic carbocycles. The van der Waals surface area contributed by atoms with Crippen molar-refractivity contribution >= 4 is 87.2 Å². The van der Waals surface area contributed by atoms with Gasteiger partial charge < -0.3 is 18.3 Å². The first kappa shape index (κ1) is 51.0. The molecule has 5 nitrogen and oxygen atoms in total. The fraction of sp³-hybridized carbons (Fsp3) is 0. The van der Waals surface area contributed by atoms with Gasteiger partial charge in [0.15, 0.2) is 0 Å². The van der Waals surface area contributed by atoms with Crippen molar-refractivity contribution in [2.75, 3.05) is 0 Å². The van der Waals surface area contributed by atoms with E-state index < -0.39 is 0 Å². The SMILES string of the molecule is N#Cc1c(-n2c3ccccc3c3ccccc32)c(-n2c3ccc(-c4ccccc4)cc3c3cc(-c4ccccc4)ccc32)c(-c2ccccc2)c(-n2c3ccc(-c4ccccc4)cc3c3cc(-c4ccccc4)ccc32)c1-n1c2ccccc2c2ccccc21. The zero-order valence-electron chi connectivity index (χ0n) is 48.8. The minimum atomic E-state index is 0.520. The van der Waals surface area contributed by atoms with Crippen LogP contribution in [0.15, 0.2) is 322 Å². The topological polar surface area (TPSA) is 43.5 Å². The van der Waals surface area contributed by atoms with Crippen molar-refractivity contribution in [1.29, 1.82) is 5.26 Å². The van der Waals surface area contributed by atoms with Crippen molar-refractivity contribution < 1.29 is 0 Å². The van der Waals surface area contributed by atoms with Crippen LogP contribution in [-0.2, 0) is 0 Å². The van der Waals surface area contributed by atoms with Crippen molar-refractivity contribution in [3.05, 3.63) is 327 Å². The summed E-state index contributed by atoms with van der Waals surface area (Å²) in [5.41, 5.74) is 22.8. The van der Waals surface area contributed by atoms with Gasteiger partial charge in [-0.1, -0.05) is 249 Å². The van der Waals surface area contributed by atoms with Gasteiger partial charge in [0.2, 0.25) is 0 Å². The Hall–Kier alpha value is -12.2. The summed E-state index contributed by atoms with van der Waals surface area (Å²) in [4.78, 5) is 0. The van der Waals surface area contributed by atoms with Crippen molar-refractivity contribution in [1.82, 2.24) is 18.3 Å². The van der Waals surface area contributed by atoms with Crippen molar-refractivity contribution in [3.63, 3.8) is 0 Å². The minimum Gasteiger partial charge on any atom is -0.306 e. The van der Waals surface area contributed by atoms with Gasteiger partial charge in [0.1, 0.15) is 11.6 Å². The van der Waals surface area contributed by atoms with Gasteiger partial charge in [-0.3, -0.25) is 0 Å². The Kier molecular flexibility index (Phi) is 11.6. The Morgan fingerprint density at radius 3 is 0.678 bits per heavy atom. The molecule has 18 aromatic rings. The van der Waals surface area contributed by atoms with Crippen LogP contribution < -0.4 is 0 Å². The maximum atomic E-state index is 13.2. The highest BCUT2D eigenvalue weighted by Gasteiger charge is 2.35. The van der Waals surface area contributed by atoms with E-state index in [4.69, 9.17) is 0 Å². The van der Waals surface area contributed by atoms with Gasteiger partial charge >= 0.3 is 0 Å².